The second-order valence-electron chi connectivity index (χ2n) is 1.45. The zero-order chi connectivity index (χ0) is 5.28. The van der Waals surface area contributed by atoms with Gasteiger partial charge in [0.25, 0.3) is 0 Å². The van der Waals surface area contributed by atoms with Crippen molar-refractivity contribution in [3.8, 4) is 6.07 Å². The molecule has 0 saturated carbocycles. The highest BCUT2D eigenvalue weighted by molar-refractivity contribution is 4.94. The van der Waals surface area contributed by atoms with Crippen molar-refractivity contribution in [2.45, 2.75) is 12.2 Å². The van der Waals surface area contributed by atoms with Crippen LogP contribution in [-0.4, -0.2) is 23.9 Å². The highest BCUT2D eigenvalue weighted by atomic mass is 16.6. The molecule has 7 heavy (non-hydrogen) atoms. The van der Waals surface area contributed by atoms with Crippen LogP contribution in [0.15, 0.2) is 0 Å². The smallest absolute Gasteiger partial charge is 0.168 e. The van der Waals surface area contributed by atoms with Gasteiger partial charge in [0.15, 0.2) is 6.10 Å². The van der Waals surface area contributed by atoms with Gasteiger partial charge in [0, 0.05) is 0 Å². The van der Waals surface area contributed by atoms with Crippen molar-refractivity contribution in [2.75, 3.05) is 6.61 Å². The topological polar surface area (TPSA) is 56.5 Å². The number of hydrogen-bond donors (Lipinski definition) is 1. The van der Waals surface area contributed by atoms with E-state index < -0.39 is 6.10 Å². The molecule has 0 aromatic heterocycles. The highest BCUT2D eigenvalue weighted by Crippen LogP contribution is 2.12. The minimum Gasteiger partial charge on any atom is -0.375 e. The number of hydrogen-bond acceptors (Lipinski definition) is 3. The Labute approximate surface area is 41.1 Å². The summed E-state index contributed by atoms with van der Waals surface area (Å²) in [5.74, 6) is 0. The maximum absolute atomic E-state index is 8.51. The lowest BCUT2D eigenvalue weighted by Crippen LogP contribution is -2.10. The van der Waals surface area contributed by atoms with Gasteiger partial charge in [-0.1, -0.05) is 0 Å². The molecule has 3 heteroatoms. The molecule has 1 aliphatic heterocycles. The summed E-state index contributed by atoms with van der Waals surface area (Å²) in [6.07, 6.45) is -1.09. The molecule has 2 atom stereocenters. The monoisotopic (exact) mass is 99.0 g/mol. The third-order valence-corrected chi connectivity index (χ3v) is 0.844. The van der Waals surface area contributed by atoms with Gasteiger partial charge in [-0.05, 0) is 0 Å². The third-order valence-electron chi connectivity index (χ3n) is 0.844. The van der Waals surface area contributed by atoms with Crippen LogP contribution in [-0.2, 0) is 4.74 Å². The number of nitrogens with zero attached hydrogens (tertiary/aromatic N) is 1. The summed E-state index contributed by atoms with van der Waals surface area (Å²) in [5, 5.41) is 16.5. The van der Waals surface area contributed by atoms with Crippen LogP contribution in [0, 0.1) is 11.3 Å². The van der Waals surface area contributed by atoms with Crippen LogP contribution in [0.2, 0.25) is 0 Å². The molecule has 0 bridgehead atoms. The molecule has 1 rings (SSSR count). The fraction of sp³-hybridized carbons (Fsp3) is 0.750. The molecular formula is C4H5NO2. The van der Waals surface area contributed by atoms with Gasteiger partial charge < -0.3 is 9.84 Å². The maximum atomic E-state index is 8.51. The molecular weight excluding hydrogens is 94.0 g/mol. The van der Waals surface area contributed by atoms with Crippen molar-refractivity contribution in [1.29, 1.82) is 5.26 Å². The molecule has 3 nitrogen and oxygen atoms in total. The fourth-order valence-corrected chi connectivity index (χ4v) is 0.321. The standard InChI is InChI=1S/C4H5NO2/c5-1-3(6)4-2-7-4/h3-4,6H,2H2/t3-,4+/m0/s1. The highest BCUT2D eigenvalue weighted by Gasteiger charge is 2.30. The van der Waals surface area contributed by atoms with Crippen molar-refractivity contribution >= 4 is 0 Å². The molecule has 1 saturated heterocycles. The Morgan fingerprint density at radius 3 is 2.71 bits per heavy atom. The molecule has 0 unspecified atom stereocenters. The molecule has 38 valence electrons. The Morgan fingerprint density at radius 1 is 2.00 bits per heavy atom. The number of ether oxygens (including phenoxy) is 1. The van der Waals surface area contributed by atoms with E-state index in [1.807, 2.05) is 0 Å². The van der Waals surface area contributed by atoms with Crippen LogP contribution in [0.3, 0.4) is 0 Å². The first-order chi connectivity index (χ1) is 3.34. The second-order valence-corrected chi connectivity index (χ2v) is 1.45. The van der Waals surface area contributed by atoms with Crippen molar-refractivity contribution in [2.24, 2.45) is 0 Å². The summed E-state index contributed by atoms with van der Waals surface area (Å²) in [7, 11) is 0. The van der Waals surface area contributed by atoms with Gasteiger partial charge in [0.2, 0.25) is 0 Å². The first-order valence-corrected chi connectivity index (χ1v) is 2.04. The number of aliphatic hydroxyl groups is 1. The second kappa shape index (κ2) is 1.49. The van der Waals surface area contributed by atoms with Crippen molar-refractivity contribution in [3.05, 3.63) is 0 Å². The zero-order valence-corrected chi connectivity index (χ0v) is 3.66. The summed E-state index contributed by atoms with van der Waals surface area (Å²) in [5.41, 5.74) is 0. The van der Waals surface area contributed by atoms with E-state index >= 15 is 0 Å². The predicted molar refractivity (Wildman–Crippen MR) is 21.4 cm³/mol. The van der Waals surface area contributed by atoms with E-state index in [-0.39, 0.29) is 6.10 Å². The quantitative estimate of drug-likeness (QED) is 0.348. The molecule has 0 aliphatic carbocycles. The van der Waals surface area contributed by atoms with Crippen molar-refractivity contribution in [1.82, 2.24) is 0 Å². The van der Waals surface area contributed by atoms with Crippen LogP contribution >= 0.6 is 0 Å². The Balaban J connectivity index is 2.27. The molecule has 0 aromatic rings. The SMILES string of the molecule is N#C[C@H](O)[C@H]1CO1. The van der Waals surface area contributed by atoms with Crippen LogP contribution in [0.1, 0.15) is 0 Å². The fourth-order valence-electron chi connectivity index (χ4n) is 0.321. The first kappa shape index (κ1) is 4.57. The number of aliphatic hydroxyl groups excluding tert-OH is 1. The minimum atomic E-state index is -0.903. The molecule has 0 aromatic carbocycles. The first-order valence-electron chi connectivity index (χ1n) is 2.04. The van der Waals surface area contributed by atoms with Gasteiger partial charge in [0.05, 0.1) is 12.7 Å². The molecule has 0 spiro atoms. The number of epoxide rings is 1. The largest absolute Gasteiger partial charge is 0.375 e. The Bertz CT molecular complexity index is 103. The van der Waals surface area contributed by atoms with E-state index in [1.165, 1.54) is 0 Å². The number of rotatable bonds is 1. The van der Waals surface area contributed by atoms with Crippen LogP contribution < -0.4 is 0 Å². The summed E-state index contributed by atoms with van der Waals surface area (Å²) in [6.45, 7) is 0.536. The van der Waals surface area contributed by atoms with Crippen molar-refractivity contribution in [3.63, 3.8) is 0 Å². The summed E-state index contributed by atoms with van der Waals surface area (Å²) < 4.78 is 4.59. The van der Waals surface area contributed by atoms with Gasteiger partial charge in [-0.2, -0.15) is 5.26 Å². The van der Waals surface area contributed by atoms with Crippen LogP contribution in [0.25, 0.3) is 0 Å². The molecule has 1 aliphatic rings. The number of nitriles is 1. The molecule has 1 N–H and O–H groups in total. The van der Waals surface area contributed by atoms with E-state index in [0.29, 0.717) is 6.61 Å². The van der Waals surface area contributed by atoms with E-state index in [4.69, 9.17) is 10.4 Å². The molecule has 1 heterocycles. The van der Waals surface area contributed by atoms with E-state index in [1.54, 1.807) is 6.07 Å². The van der Waals surface area contributed by atoms with Gasteiger partial charge >= 0.3 is 0 Å². The van der Waals surface area contributed by atoms with Crippen molar-refractivity contribution < 1.29 is 9.84 Å². The Kier molecular flexibility index (Phi) is 0.970. The normalized spacial score (nSPS) is 31.1. The third kappa shape index (κ3) is 0.889. The van der Waals surface area contributed by atoms with Crippen LogP contribution in [0.5, 0.6) is 0 Å². The molecule has 0 radical (unpaired) electrons. The van der Waals surface area contributed by atoms with E-state index in [2.05, 4.69) is 4.74 Å². The molecule has 0 amide bonds. The summed E-state index contributed by atoms with van der Waals surface area (Å²) in [4.78, 5) is 0. The summed E-state index contributed by atoms with van der Waals surface area (Å²) >= 11 is 0. The van der Waals surface area contributed by atoms with Gasteiger partial charge in [0.1, 0.15) is 6.10 Å². The predicted octanol–water partition coefficient (Wildman–Crippen LogP) is -0.730. The molecule has 1 fully saturated rings. The van der Waals surface area contributed by atoms with E-state index in [9.17, 15) is 0 Å². The van der Waals surface area contributed by atoms with Gasteiger partial charge in [-0.15, -0.1) is 0 Å². The van der Waals surface area contributed by atoms with E-state index in [0.717, 1.165) is 0 Å². The summed E-state index contributed by atoms with van der Waals surface area (Å²) in [6, 6.07) is 1.66. The Hall–Kier alpha value is -0.590. The maximum Gasteiger partial charge on any atom is 0.168 e. The van der Waals surface area contributed by atoms with Gasteiger partial charge in [-0.25, -0.2) is 0 Å². The average Bonchev–Trinajstić information content (AvgIpc) is 2.44. The minimum absolute atomic E-state index is 0.190. The lowest BCUT2D eigenvalue weighted by Gasteiger charge is -1.87. The lowest BCUT2D eigenvalue weighted by molar-refractivity contribution is 0.184. The Morgan fingerprint density at radius 2 is 2.57 bits per heavy atom. The zero-order valence-electron chi connectivity index (χ0n) is 3.66. The van der Waals surface area contributed by atoms with Crippen LogP contribution in [0.4, 0.5) is 0 Å². The van der Waals surface area contributed by atoms with Gasteiger partial charge in [-0.3, -0.25) is 0 Å². The lowest BCUT2D eigenvalue weighted by atomic mass is 10.3. The average molecular weight is 99.1 g/mol.